The van der Waals surface area contributed by atoms with Crippen LogP contribution in [0.4, 0.5) is 0 Å². The Kier molecular flexibility index (Phi) is 4.84. The predicted octanol–water partition coefficient (Wildman–Crippen LogP) is 0.256. The van der Waals surface area contributed by atoms with Crippen LogP contribution in [0.15, 0.2) is 29.2 Å². The fourth-order valence-corrected chi connectivity index (χ4v) is 1.75. The lowest BCUT2D eigenvalue weighted by Gasteiger charge is -2.16. The summed E-state index contributed by atoms with van der Waals surface area (Å²) in [6, 6.07) is 5.08. The number of H-pyrrole nitrogens is 1. The third-order valence-corrected chi connectivity index (χ3v) is 2.98. The highest BCUT2D eigenvalue weighted by molar-refractivity contribution is 5.94. The highest BCUT2D eigenvalue weighted by atomic mass is 16.5. The van der Waals surface area contributed by atoms with Crippen LogP contribution in [-0.2, 0) is 4.74 Å². The maximum Gasteiger partial charge on any atom is 0.294 e. The molecule has 2 aromatic heterocycles. The number of ether oxygens (including phenoxy) is 1. The summed E-state index contributed by atoms with van der Waals surface area (Å²) in [5.74, 6) is -1.17. The molecule has 0 atom stereocenters. The number of nitrogens with zero attached hydrogens (tertiary/aromatic N) is 3. The van der Waals surface area contributed by atoms with Gasteiger partial charge in [0.15, 0.2) is 11.5 Å². The van der Waals surface area contributed by atoms with Crippen molar-refractivity contribution < 1.29 is 14.6 Å². The lowest BCUT2D eigenvalue weighted by molar-refractivity contribution is 0.0735. The van der Waals surface area contributed by atoms with E-state index in [0.29, 0.717) is 18.8 Å². The number of aromatic amines is 1. The summed E-state index contributed by atoms with van der Waals surface area (Å²) in [5.41, 5.74) is -0.713. The lowest BCUT2D eigenvalue weighted by Crippen LogP contribution is -2.32. The summed E-state index contributed by atoms with van der Waals surface area (Å²) in [6.07, 6.45) is 1.54. The Hall–Kier alpha value is -2.74. The van der Waals surface area contributed by atoms with Gasteiger partial charge in [-0.1, -0.05) is 6.07 Å². The molecular formula is C14H16N4O4. The van der Waals surface area contributed by atoms with Gasteiger partial charge in [-0.25, -0.2) is 4.98 Å². The molecule has 2 aromatic rings. The normalized spacial score (nSPS) is 10.5. The number of methoxy groups -OCH3 is 1. The van der Waals surface area contributed by atoms with E-state index in [1.807, 2.05) is 0 Å². The van der Waals surface area contributed by atoms with E-state index >= 15 is 0 Å². The monoisotopic (exact) mass is 304 g/mol. The number of rotatable bonds is 5. The van der Waals surface area contributed by atoms with Crippen molar-refractivity contribution in [2.75, 3.05) is 27.3 Å². The van der Waals surface area contributed by atoms with Gasteiger partial charge in [-0.15, -0.1) is 0 Å². The zero-order valence-electron chi connectivity index (χ0n) is 12.2. The van der Waals surface area contributed by atoms with E-state index in [0.717, 1.165) is 0 Å². The molecule has 0 aliphatic rings. The van der Waals surface area contributed by atoms with Crippen molar-refractivity contribution in [3.8, 4) is 17.3 Å². The maximum absolute atomic E-state index is 12.3. The van der Waals surface area contributed by atoms with Crippen LogP contribution in [0.1, 0.15) is 10.5 Å². The van der Waals surface area contributed by atoms with E-state index in [9.17, 15) is 14.7 Å². The van der Waals surface area contributed by atoms with E-state index < -0.39 is 17.2 Å². The summed E-state index contributed by atoms with van der Waals surface area (Å²) in [7, 11) is 3.05. The Morgan fingerprint density at radius 3 is 2.86 bits per heavy atom. The van der Waals surface area contributed by atoms with Gasteiger partial charge in [-0.3, -0.25) is 14.6 Å². The first kappa shape index (κ1) is 15.6. The molecule has 8 heteroatoms. The number of hydrogen-bond acceptors (Lipinski definition) is 6. The zero-order valence-corrected chi connectivity index (χ0v) is 12.2. The van der Waals surface area contributed by atoms with Gasteiger partial charge in [0.1, 0.15) is 5.69 Å². The standard InChI is InChI=1S/C14H16N4O4/c1-18(7-8-22-2)14(21)10-11(19)13(20)17-12(16-10)9-5-3-4-6-15-9/h3-6,19H,7-8H2,1-2H3,(H,16,17,20). The van der Waals surface area contributed by atoms with Gasteiger partial charge in [0, 0.05) is 26.9 Å². The van der Waals surface area contributed by atoms with Crippen molar-refractivity contribution in [1.82, 2.24) is 19.9 Å². The van der Waals surface area contributed by atoms with E-state index in [-0.39, 0.29) is 11.5 Å². The summed E-state index contributed by atoms with van der Waals surface area (Å²) in [4.78, 5) is 35.9. The number of aromatic hydroxyl groups is 1. The van der Waals surface area contributed by atoms with Crippen LogP contribution in [0.2, 0.25) is 0 Å². The highest BCUT2D eigenvalue weighted by Gasteiger charge is 2.21. The van der Waals surface area contributed by atoms with Gasteiger partial charge in [0.2, 0.25) is 5.75 Å². The Labute approximate surface area is 126 Å². The van der Waals surface area contributed by atoms with Gasteiger partial charge in [0.25, 0.3) is 11.5 Å². The van der Waals surface area contributed by atoms with Gasteiger partial charge in [0.05, 0.1) is 6.61 Å². The molecule has 8 nitrogen and oxygen atoms in total. The molecule has 116 valence electrons. The molecule has 0 aromatic carbocycles. The molecule has 0 aliphatic heterocycles. The number of amides is 1. The number of likely N-dealkylation sites (N-methyl/N-ethyl adjacent to an activating group) is 1. The molecular weight excluding hydrogens is 288 g/mol. The second-order valence-electron chi connectivity index (χ2n) is 4.55. The number of carbonyl (C=O) groups excluding carboxylic acids is 1. The van der Waals surface area contributed by atoms with Crippen molar-refractivity contribution in [3.63, 3.8) is 0 Å². The van der Waals surface area contributed by atoms with Crippen molar-refractivity contribution in [3.05, 3.63) is 40.4 Å². The van der Waals surface area contributed by atoms with Crippen molar-refractivity contribution >= 4 is 5.91 Å². The third kappa shape index (κ3) is 3.29. The number of nitrogens with one attached hydrogen (secondary N) is 1. The number of aromatic nitrogens is 3. The summed E-state index contributed by atoms with van der Waals surface area (Å²) in [5, 5.41) is 9.81. The Balaban J connectivity index is 2.41. The SMILES string of the molecule is COCCN(C)C(=O)c1nc(-c2ccccn2)[nH]c(=O)c1O. The molecule has 0 unspecified atom stereocenters. The molecule has 0 bridgehead atoms. The van der Waals surface area contributed by atoms with Crippen molar-refractivity contribution in [1.29, 1.82) is 0 Å². The van der Waals surface area contributed by atoms with E-state index in [1.165, 1.54) is 25.3 Å². The van der Waals surface area contributed by atoms with Crippen LogP contribution in [0.3, 0.4) is 0 Å². The minimum atomic E-state index is -0.792. The number of hydrogen-bond donors (Lipinski definition) is 2. The Morgan fingerprint density at radius 1 is 1.45 bits per heavy atom. The average Bonchev–Trinajstić information content (AvgIpc) is 2.55. The first-order chi connectivity index (χ1) is 10.5. The molecule has 0 spiro atoms. The summed E-state index contributed by atoms with van der Waals surface area (Å²) >= 11 is 0. The van der Waals surface area contributed by atoms with Gasteiger partial charge in [-0.05, 0) is 12.1 Å². The van der Waals surface area contributed by atoms with Crippen LogP contribution in [0.25, 0.3) is 11.5 Å². The van der Waals surface area contributed by atoms with E-state index in [4.69, 9.17) is 4.74 Å². The molecule has 2 rings (SSSR count). The van der Waals surface area contributed by atoms with Crippen molar-refractivity contribution in [2.24, 2.45) is 0 Å². The molecule has 0 saturated carbocycles. The third-order valence-electron chi connectivity index (χ3n) is 2.98. The van der Waals surface area contributed by atoms with E-state index in [2.05, 4.69) is 15.0 Å². The first-order valence-electron chi connectivity index (χ1n) is 6.53. The van der Waals surface area contributed by atoms with Crippen LogP contribution < -0.4 is 5.56 Å². The average molecular weight is 304 g/mol. The fraction of sp³-hybridized carbons (Fsp3) is 0.286. The smallest absolute Gasteiger partial charge is 0.294 e. The summed E-state index contributed by atoms with van der Waals surface area (Å²) in [6.45, 7) is 0.640. The minimum absolute atomic E-state index is 0.117. The largest absolute Gasteiger partial charge is 0.501 e. The van der Waals surface area contributed by atoms with Gasteiger partial charge >= 0.3 is 0 Å². The van der Waals surface area contributed by atoms with Gasteiger partial charge in [-0.2, -0.15) is 0 Å². The number of pyridine rings is 1. The second-order valence-corrected chi connectivity index (χ2v) is 4.55. The lowest BCUT2D eigenvalue weighted by atomic mass is 10.3. The van der Waals surface area contributed by atoms with Gasteiger partial charge < -0.3 is 19.7 Å². The molecule has 2 N–H and O–H groups in total. The molecule has 0 fully saturated rings. The topological polar surface area (TPSA) is 108 Å². The second kappa shape index (κ2) is 6.81. The fourth-order valence-electron chi connectivity index (χ4n) is 1.75. The molecule has 1 amide bonds. The molecule has 0 aliphatic carbocycles. The first-order valence-corrected chi connectivity index (χ1v) is 6.53. The zero-order chi connectivity index (χ0) is 16.1. The van der Waals surface area contributed by atoms with Crippen LogP contribution in [0.5, 0.6) is 5.75 Å². The predicted molar refractivity (Wildman–Crippen MR) is 78.6 cm³/mol. The van der Waals surface area contributed by atoms with Crippen LogP contribution >= 0.6 is 0 Å². The highest BCUT2D eigenvalue weighted by Crippen LogP contribution is 2.15. The quantitative estimate of drug-likeness (QED) is 0.820. The Bertz CT molecular complexity index is 715. The minimum Gasteiger partial charge on any atom is -0.501 e. The summed E-state index contributed by atoms with van der Waals surface area (Å²) < 4.78 is 4.89. The van der Waals surface area contributed by atoms with E-state index in [1.54, 1.807) is 18.2 Å². The van der Waals surface area contributed by atoms with Crippen LogP contribution in [0, 0.1) is 0 Å². The molecule has 2 heterocycles. The maximum atomic E-state index is 12.3. The molecule has 22 heavy (non-hydrogen) atoms. The number of carbonyl (C=O) groups is 1. The van der Waals surface area contributed by atoms with Crippen molar-refractivity contribution in [2.45, 2.75) is 0 Å². The Morgan fingerprint density at radius 2 is 2.23 bits per heavy atom. The molecule has 0 saturated heterocycles. The molecule has 0 radical (unpaired) electrons. The van der Waals surface area contributed by atoms with Crippen LogP contribution in [-0.4, -0.2) is 58.2 Å².